The van der Waals surface area contributed by atoms with Crippen LogP contribution in [-0.2, 0) is 52.8 Å². The van der Waals surface area contributed by atoms with Gasteiger partial charge in [-0.15, -0.1) is 0 Å². The standard InChI is InChI=1S/C41H51N11O7/c1-25(53)46-24-36(55)49-32(19-26-11-4-2-5-12-26)39(58)51-33(20-27-13-6-3-7-14-27)40(59)50-31(17-10-18-45-41(43)44)38(57)52-34(37(56)48-23-35(42)54)21-28-22-47-30-16-9-8-15-29(28)30/h2-9,11-16,22,31-34,47H,10,17-21,23-24H2,1H3,(H2,42,54)(H,46,53)(H,48,56)(H,49,55)(H,50,59)(H,51,58)(H,52,57)(H4,43,44,45)/t31-,32-,33+,34-/m0/s1. The summed E-state index contributed by atoms with van der Waals surface area (Å²) in [4.78, 5) is 98.8. The van der Waals surface area contributed by atoms with E-state index in [1.165, 1.54) is 6.92 Å². The van der Waals surface area contributed by atoms with Gasteiger partial charge >= 0.3 is 0 Å². The predicted octanol–water partition coefficient (Wildman–Crippen LogP) is -1.07. The quantitative estimate of drug-likeness (QED) is 0.0262. The maximum absolute atomic E-state index is 14.3. The molecule has 13 N–H and O–H groups in total. The second-order valence-electron chi connectivity index (χ2n) is 13.8. The predicted molar refractivity (Wildman–Crippen MR) is 221 cm³/mol. The number of carbonyl (C=O) groups excluding carboxylic acids is 7. The van der Waals surface area contributed by atoms with Gasteiger partial charge in [-0.1, -0.05) is 78.9 Å². The van der Waals surface area contributed by atoms with Crippen molar-refractivity contribution in [1.29, 1.82) is 0 Å². The fourth-order valence-corrected chi connectivity index (χ4v) is 6.18. The molecule has 0 aliphatic carbocycles. The van der Waals surface area contributed by atoms with Crippen LogP contribution in [0.5, 0.6) is 0 Å². The number of hydrogen-bond acceptors (Lipinski definition) is 8. The first kappa shape index (κ1) is 44.5. The lowest BCUT2D eigenvalue weighted by Crippen LogP contribution is -2.59. The number of nitrogens with one attached hydrogen (secondary N) is 7. The van der Waals surface area contributed by atoms with Crippen molar-refractivity contribution >= 4 is 58.2 Å². The number of para-hydroxylation sites is 1. The summed E-state index contributed by atoms with van der Waals surface area (Å²) in [6.07, 6.45) is 2.02. The summed E-state index contributed by atoms with van der Waals surface area (Å²) in [6, 6.07) is 20.3. The van der Waals surface area contributed by atoms with Crippen molar-refractivity contribution in [2.24, 2.45) is 22.2 Å². The van der Waals surface area contributed by atoms with Gasteiger partial charge < -0.3 is 54.1 Å². The molecule has 4 aromatic rings. The van der Waals surface area contributed by atoms with Gasteiger partial charge in [-0.05, 0) is 35.6 Å². The van der Waals surface area contributed by atoms with Crippen molar-refractivity contribution in [2.45, 2.75) is 63.2 Å². The van der Waals surface area contributed by atoms with Crippen LogP contribution in [0.1, 0.15) is 36.5 Å². The van der Waals surface area contributed by atoms with E-state index >= 15 is 0 Å². The number of aromatic amines is 1. The molecule has 18 nitrogen and oxygen atoms in total. The van der Waals surface area contributed by atoms with Gasteiger partial charge in [0, 0.05) is 49.8 Å². The maximum atomic E-state index is 14.3. The smallest absolute Gasteiger partial charge is 0.243 e. The van der Waals surface area contributed by atoms with Gasteiger partial charge in [0.2, 0.25) is 41.4 Å². The van der Waals surface area contributed by atoms with E-state index in [2.05, 4.69) is 41.9 Å². The van der Waals surface area contributed by atoms with E-state index in [0.717, 1.165) is 16.5 Å². The number of rotatable bonds is 22. The molecule has 0 radical (unpaired) electrons. The summed E-state index contributed by atoms with van der Waals surface area (Å²) in [7, 11) is 0. The number of aliphatic imine (C=N–C) groups is 1. The van der Waals surface area contributed by atoms with E-state index in [4.69, 9.17) is 17.2 Å². The fourth-order valence-electron chi connectivity index (χ4n) is 6.18. The molecule has 0 saturated carbocycles. The minimum Gasteiger partial charge on any atom is -0.370 e. The van der Waals surface area contributed by atoms with E-state index in [0.29, 0.717) is 11.1 Å². The van der Waals surface area contributed by atoms with Crippen molar-refractivity contribution < 1.29 is 33.6 Å². The number of benzene rings is 3. The number of hydrogen-bond donors (Lipinski definition) is 10. The normalized spacial score (nSPS) is 12.8. The van der Waals surface area contributed by atoms with Gasteiger partial charge in [0.1, 0.15) is 24.2 Å². The Morgan fingerprint density at radius 2 is 1.14 bits per heavy atom. The van der Waals surface area contributed by atoms with Crippen LogP contribution in [0.4, 0.5) is 0 Å². The number of amides is 7. The highest BCUT2D eigenvalue weighted by Crippen LogP contribution is 2.19. The van der Waals surface area contributed by atoms with E-state index in [1.807, 2.05) is 24.3 Å². The minimum atomic E-state index is -1.27. The lowest BCUT2D eigenvalue weighted by Gasteiger charge is -2.27. The Morgan fingerprint density at radius 1 is 0.610 bits per heavy atom. The Bertz CT molecular complexity index is 2100. The zero-order valence-electron chi connectivity index (χ0n) is 32.7. The average Bonchev–Trinajstić information content (AvgIpc) is 3.62. The summed E-state index contributed by atoms with van der Waals surface area (Å²) in [5.41, 5.74) is 19.2. The van der Waals surface area contributed by atoms with Gasteiger partial charge in [-0.25, -0.2) is 0 Å². The van der Waals surface area contributed by atoms with E-state index in [9.17, 15) is 33.6 Å². The molecule has 1 heterocycles. The highest BCUT2D eigenvalue weighted by Gasteiger charge is 2.32. The number of guanidine groups is 1. The summed E-state index contributed by atoms with van der Waals surface area (Å²) in [6.45, 7) is 0.521. The minimum absolute atomic E-state index is 0.00262. The number of primary amides is 1. The second kappa shape index (κ2) is 22.5. The molecule has 0 saturated heterocycles. The topological polar surface area (TPSA) is 298 Å². The van der Waals surface area contributed by atoms with Gasteiger partial charge in [-0.3, -0.25) is 38.6 Å². The van der Waals surface area contributed by atoms with Crippen molar-refractivity contribution in [3.05, 3.63) is 108 Å². The number of aromatic nitrogens is 1. The van der Waals surface area contributed by atoms with Crippen molar-refractivity contribution in [2.75, 3.05) is 19.6 Å². The monoisotopic (exact) mass is 809 g/mol. The molecule has 0 unspecified atom stereocenters. The summed E-state index contributed by atoms with van der Waals surface area (Å²) in [5.74, 6) is -4.87. The average molecular weight is 810 g/mol. The molecule has 3 aromatic carbocycles. The molecule has 0 bridgehead atoms. The third-order valence-electron chi connectivity index (χ3n) is 9.09. The Kier molecular flexibility index (Phi) is 17.0. The fraction of sp³-hybridized carbons (Fsp3) is 0.317. The van der Waals surface area contributed by atoms with Crippen molar-refractivity contribution in [3.8, 4) is 0 Å². The van der Waals surface area contributed by atoms with E-state index < -0.39 is 72.1 Å². The van der Waals surface area contributed by atoms with Gasteiger partial charge in [-0.2, -0.15) is 0 Å². The lowest BCUT2D eigenvalue weighted by molar-refractivity contribution is -0.134. The third kappa shape index (κ3) is 15.0. The first-order valence-corrected chi connectivity index (χ1v) is 19.0. The Morgan fingerprint density at radius 3 is 1.71 bits per heavy atom. The Hall–Kier alpha value is -7.24. The zero-order valence-corrected chi connectivity index (χ0v) is 32.7. The highest BCUT2D eigenvalue weighted by atomic mass is 16.2. The molecule has 4 atom stereocenters. The molecule has 0 aliphatic rings. The molecule has 4 rings (SSSR count). The highest BCUT2D eigenvalue weighted by molar-refractivity contribution is 5.97. The second-order valence-corrected chi connectivity index (χ2v) is 13.8. The molecule has 312 valence electrons. The molecular weight excluding hydrogens is 759 g/mol. The van der Waals surface area contributed by atoms with Crippen LogP contribution in [0, 0.1) is 0 Å². The number of nitrogens with zero attached hydrogens (tertiary/aromatic N) is 1. The van der Waals surface area contributed by atoms with Crippen molar-refractivity contribution in [1.82, 2.24) is 36.9 Å². The van der Waals surface area contributed by atoms with Crippen LogP contribution >= 0.6 is 0 Å². The molecule has 7 amide bonds. The van der Waals surface area contributed by atoms with Gasteiger partial charge in [0.25, 0.3) is 0 Å². The van der Waals surface area contributed by atoms with Crippen LogP contribution in [0.3, 0.4) is 0 Å². The molecule has 18 heteroatoms. The molecule has 0 fully saturated rings. The van der Waals surface area contributed by atoms with Crippen LogP contribution in [0.25, 0.3) is 10.9 Å². The van der Waals surface area contributed by atoms with E-state index in [1.54, 1.807) is 66.9 Å². The summed E-state index contributed by atoms with van der Waals surface area (Å²) < 4.78 is 0. The van der Waals surface area contributed by atoms with Gasteiger partial charge in [0.15, 0.2) is 5.96 Å². The van der Waals surface area contributed by atoms with Crippen molar-refractivity contribution in [3.63, 3.8) is 0 Å². The van der Waals surface area contributed by atoms with Gasteiger partial charge in [0.05, 0.1) is 13.1 Å². The first-order valence-electron chi connectivity index (χ1n) is 19.0. The summed E-state index contributed by atoms with van der Waals surface area (Å²) in [5, 5.41) is 16.6. The largest absolute Gasteiger partial charge is 0.370 e. The third-order valence-corrected chi connectivity index (χ3v) is 9.09. The molecule has 1 aromatic heterocycles. The maximum Gasteiger partial charge on any atom is 0.243 e. The van der Waals surface area contributed by atoms with E-state index in [-0.39, 0.29) is 51.2 Å². The molecule has 59 heavy (non-hydrogen) atoms. The molecule has 0 aliphatic heterocycles. The van der Waals surface area contributed by atoms with Crippen LogP contribution < -0.4 is 49.1 Å². The zero-order chi connectivity index (χ0) is 42.7. The summed E-state index contributed by atoms with van der Waals surface area (Å²) >= 11 is 0. The number of H-pyrrole nitrogens is 1. The number of carbonyl (C=O) groups is 7. The number of fused-ring (bicyclic) bond motifs is 1. The first-order chi connectivity index (χ1) is 28.3. The molecule has 0 spiro atoms. The SMILES string of the molecule is CC(=O)NCC(=O)N[C@@H](Cc1ccccc1)C(=O)N[C@H](Cc1ccccc1)C(=O)N[C@@H](CCCN=C(N)N)C(=O)N[C@@H](Cc1c[nH]c2ccccc12)C(=O)NCC(N)=O. The van der Waals surface area contributed by atoms with Crippen LogP contribution in [-0.4, -0.2) is 96.1 Å². The Balaban J connectivity index is 1.61. The molecular formula is C41H51N11O7. The number of nitrogens with two attached hydrogens (primary N) is 3. The Labute approximate surface area is 340 Å². The lowest BCUT2D eigenvalue weighted by atomic mass is 10.0. The van der Waals surface area contributed by atoms with Crippen LogP contribution in [0.15, 0.2) is 96.1 Å². The van der Waals surface area contributed by atoms with Crippen LogP contribution in [0.2, 0.25) is 0 Å².